The molecule has 0 spiro atoms. The number of unbranched alkanes of at least 4 members (excludes halogenated alkanes) is 2. The normalized spacial score (nSPS) is 9.50. The summed E-state index contributed by atoms with van der Waals surface area (Å²) in [6.45, 7) is 4.52. The summed E-state index contributed by atoms with van der Waals surface area (Å²) in [4.78, 5) is 0. The van der Waals surface area contributed by atoms with Crippen LogP contribution in [0.25, 0.3) is 0 Å². The Morgan fingerprint density at radius 2 is 1.19 bits per heavy atom. The number of hydrogen-bond donors (Lipinski definition) is 2. The number of aryl methyl sites for hydroxylation is 2. The van der Waals surface area contributed by atoms with E-state index in [2.05, 4.69) is 38.1 Å². The lowest BCUT2D eigenvalue weighted by Crippen LogP contribution is -1.94. The lowest BCUT2D eigenvalue weighted by Gasteiger charge is -2.07. The van der Waals surface area contributed by atoms with Crippen molar-refractivity contribution in [3.05, 3.63) is 35.4 Å². The molecule has 2 nitrogen and oxygen atoms in total. The summed E-state index contributed by atoms with van der Waals surface area (Å²) in [5.74, 6) is 0. The first kappa shape index (κ1) is 15.1. The molecule has 0 aliphatic rings. The van der Waals surface area contributed by atoms with Crippen LogP contribution in [-0.4, -0.2) is 10.5 Å². The number of benzene rings is 1. The second kappa shape index (κ2) is 10.7. The molecule has 0 aliphatic heterocycles. The minimum absolute atomic E-state index is 1.26. The van der Waals surface area contributed by atoms with E-state index in [0.29, 0.717) is 0 Å². The first-order chi connectivity index (χ1) is 7.88. The zero-order valence-electron chi connectivity index (χ0n) is 10.4. The fraction of sp³-hybridized carbons (Fsp3) is 0.571. The molecule has 0 heterocycles. The van der Waals surface area contributed by atoms with Gasteiger partial charge >= 0.3 is 0 Å². The summed E-state index contributed by atoms with van der Waals surface area (Å²) >= 11 is 0. The Hall–Kier alpha value is -0.860. The molecule has 0 amide bonds. The van der Waals surface area contributed by atoms with Gasteiger partial charge in [-0.25, -0.2) is 0 Å². The van der Waals surface area contributed by atoms with Gasteiger partial charge in [0.2, 0.25) is 0 Å². The van der Waals surface area contributed by atoms with Crippen LogP contribution < -0.4 is 0 Å². The molecule has 2 heteroatoms. The summed E-state index contributed by atoms with van der Waals surface area (Å²) < 4.78 is 0. The summed E-state index contributed by atoms with van der Waals surface area (Å²) in [6, 6.07) is 8.92. The maximum absolute atomic E-state index is 6.00. The smallest absolute Gasteiger partial charge is 0.0276 e. The third-order valence-electron chi connectivity index (χ3n) is 2.72. The maximum Gasteiger partial charge on any atom is -0.0276 e. The lowest BCUT2D eigenvalue weighted by molar-refractivity contribution is -0.176. The number of hydrogen-bond acceptors (Lipinski definition) is 2. The van der Waals surface area contributed by atoms with E-state index in [1.54, 1.807) is 11.1 Å². The highest BCUT2D eigenvalue weighted by Crippen LogP contribution is 2.14. The molecule has 0 bridgehead atoms. The average molecular weight is 224 g/mol. The van der Waals surface area contributed by atoms with E-state index in [9.17, 15) is 0 Å². The highest BCUT2D eigenvalue weighted by Gasteiger charge is 1.99. The fourth-order valence-electron chi connectivity index (χ4n) is 1.78. The summed E-state index contributed by atoms with van der Waals surface area (Å²) in [7, 11) is 0. The Kier molecular flexibility index (Phi) is 10.1. The first-order valence-electron chi connectivity index (χ1n) is 6.15. The van der Waals surface area contributed by atoms with Crippen molar-refractivity contribution in [1.82, 2.24) is 0 Å². The molecule has 0 aliphatic carbocycles. The molecule has 1 aromatic carbocycles. The van der Waals surface area contributed by atoms with Gasteiger partial charge in [-0.05, 0) is 36.8 Å². The van der Waals surface area contributed by atoms with Crippen molar-refractivity contribution < 1.29 is 10.5 Å². The van der Waals surface area contributed by atoms with E-state index in [4.69, 9.17) is 10.5 Å². The van der Waals surface area contributed by atoms with Crippen LogP contribution in [0, 0.1) is 0 Å². The van der Waals surface area contributed by atoms with Gasteiger partial charge in [-0.2, -0.15) is 0 Å². The van der Waals surface area contributed by atoms with Gasteiger partial charge in [-0.1, -0.05) is 51.0 Å². The Morgan fingerprint density at radius 1 is 0.812 bits per heavy atom. The van der Waals surface area contributed by atoms with Gasteiger partial charge in [0.25, 0.3) is 0 Å². The van der Waals surface area contributed by atoms with Crippen LogP contribution >= 0.6 is 0 Å². The maximum atomic E-state index is 6.00. The molecule has 0 atom stereocenters. The van der Waals surface area contributed by atoms with Crippen LogP contribution in [0.1, 0.15) is 50.7 Å². The van der Waals surface area contributed by atoms with E-state index in [0.717, 1.165) is 0 Å². The van der Waals surface area contributed by atoms with Gasteiger partial charge in [0.15, 0.2) is 0 Å². The van der Waals surface area contributed by atoms with E-state index in [1.165, 1.54) is 38.5 Å². The Morgan fingerprint density at radius 3 is 1.50 bits per heavy atom. The second-order valence-electron chi connectivity index (χ2n) is 3.98. The average Bonchev–Trinajstić information content (AvgIpc) is 2.37. The van der Waals surface area contributed by atoms with Crippen LogP contribution in [0.15, 0.2) is 24.3 Å². The van der Waals surface area contributed by atoms with E-state index >= 15 is 0 Å². The highest BCUT2D eigenvalue weighted by molar-refractivity contribution is 5.27. The quantitative estimate of drug-likeness (QED) is 0.555. The number of rotatable bonds is 6. The molecule has 2 N–H and O–H groups in total. The van der Waals surface area contributed by atoms with Gasteiger partial charge in [0, 0.05) is 0 Å². The molecule has 0 radical (unpaired) electrons. The first-order valence-corrected chi connectivity index (χ1v) is 6.15. The summed E-state index contributed by atoms with van der Waals surface area (Å²) in [5.41, 5.74) is 3.14. The van der Waals surface area contributed by atoms with Gasteiger partial charge < -0.3 is 0 Å². The molecule has 0 aromatic heterocycles. The molecule has 0 fully saturated rings. The Bertz CT molecular complexity index is 232. The van der Waals surface area contributed by atoms with Crippen LogP contribution in [0.3, 0.4) is 0 Å². The summed E-state index contributed by atoms with van der Waals surface area (Å²) in [6.07, 6.45) is 7.75. The molecule has 1 aromatic rings. The van der Waals surface area contributed by atoms with Crippen LogP contribution in [0.4, 0.5) is 0 Å². The standard InChI is InChI=1S/C14H22.H2O2/c1-3-5-9-13-11-7-8-12-14(13)10-6-4-2;1-2/h7-8,11-12H,3-6,9-10H2,1-2H3;1-2H. The van der Waals surface area contributed by atoms with E-state index < -0.39 is 0 Å². The van der Waals surface area contributed by atoms with Crippen molar-refractivity contribution in [2.75, 3.05) is 0 Å². The molecular weight excluding hydrogens is 200 g/mol. The van der Waals surface area contributed by atoms with Crippen molar-refractivity contribution in [2.24, 2.45) is 0 Å². The zero-order valence-corrected chi connectivity index (χ0v) is 10.4. The molecule has 1 rings (SSSR count). The monoisotopic (exact) mass is 224 g/mol. The van der Waals surface area contributed by atoms with Crippen LogP contribution in [0.2, 0.25) is 0 Å². The van der Waals surface area contributed by atoms with Crippen molar-refractivity contribution >= 4 is 0 Å². The largest absolute Gasteiger partial charge is 0.255 e. The molecule has 0 saturated carbocycles. The molecular formula is C14H24O2. The fourth-order valence-corrected chi connectivity index (χ4v) is 1.78. The van der Waals surface area contributed by atoms with Crippen LogP contribution in [-0.2, 0) is 12.8 Å². The third-order valence-corrected chi connectivity index (χ3v) is 2.72. The van der Waals surface area contributed by atoms with E-state index in [1.807, 2.05) is 0 Å². The molecule has 0 saturated heterocycles. The van der Waals surface area contributed by atoms with Crippen molar-refractivity contribution in [2.45, 2.75) is 52.4 Å². The Balaban J connectivity index is 0.00000106. The Labute approximate surface area is 98.9 Å². The predicted octanol–water partition coefficient (Wildman–Crippen LogP) is 4.39. The molecule has 0 unspecified atom stereocenters. The van der Waals surface area contributed by atoms with Crippen molar-refractivity contribution in [1.29, 1.82) is 0 Å². The second-order valence-corrected chi connectivity index (χ2v) is 3.98. The highest BCUT2D eigenvalue weighted by atomic mass is 17.0. The summed E-state index contributed by atoms with van der Waals surface area (Å²) in [5, 5.41) is 12.0. The van der Waals surface area contributed by atoms with E-state index in [-0.39, 0.29) is 0 Å². The minimum atomic E-state index is 1.26. The van der Waals surface area contributed by atoms with Gasteiger partial charge in [0.1, 0.15) is 0 Å². The lowest BCUT2D eigenvalue weighted by atomic mass is 9.98. The third kappa shape index (κ3) is 5.89. The zero-order chi connectivity index (χ0) is 12.2. The SMILES string of the molecule is CCCCc1ccccc1CCCC.OO. The van der Waals surface area contributed by atoms with Crippen LogP contribution in [0.5, 0.6) is 0 Å². The molecule has 16 heavy (non-hydrogen) atoms. The predicted molar refractivity (Wildman–Crippen MR) is 68.9 cm³/mol. The topological polar surface area (TPSA) is 40.5 Å². The van der Waals surface area contributed by atoms with Gasteiger partial charge in [-0.3, -0.25) is 10.5 Å². The van der Waals surface area contributed by atoms with Crippen molar-refractivity contribution in [3.8, 4) is 0 Å². The van der Waals surface area contributed by atoms with Gasteiger partial charge in [-0.15, -0.1) is 0 Å². The van der Waals surface area contributed by atoms with Gasteiger partial charge in [0.05, 0.1) is 0 Å². The minimum Gasteiger partial charge on any atom is -0.255 e. The van der Waals surface area contributed by atoms with Crippen molar-refractivity contribution in [3.63, 3.8) is 0 Å². The molecule has 92 valence electrons.